The molecular formula is C12H15N3O. The van der Waals surface area contributed by atoms with Gasteiger partial charge in [0, 0.05) is 12.5 Å². The van der Waals surface area contributed by atoms with Crippen molar-refractivity contribution in [2.75, 3.05) is 0 Å². The Morgan fingerprint density at radius 2 is 2.06 bits per heavy atom. The third-order valence-corrected chi connectivity index (χ3v) is 2.58. The molecule has 0 saturated carbocycles. The molecule has 0 aliphatic rings. The summed E-state index contributed by atoms with van der Waals surface area (Å²) in [6.07, 6.45) is 1.78. The zero-order chi connectivity index (χ0) is 11.4. The molecule has 0 bridgehead atoms. The Balaban J connectivity index is 2.05. The summed E-state index contributed by atoms with van der Waals surface area (Å²) in [5, 5.41) is 16.7. The molecule has 4 nitrogen and oxygen atoms in total. The summed E-state index contributed by atoms with van der Waals surface area (Å²) in [5.41, 5.74) is 1.89. The number of aliphatic hydroxyl groups excluding tert-OH is 1. The van der Waals surface area contributed by atoms with Crippen molar-refractivity contribution >= 4 is 0 Å². The first-order valence-electron chi connectivity index (χ1n) is 5.34. The zero-order valence-corrected chi connectivity index (χ0v) is 9.24. The van der Waals surface area contributed by atoms with Crippen LogP contribution in [0.1, 0.15) is 24.1 Å². The normalized spacial score (nSPS) is 12.6. The topological polar surface area (TPSA) is 50.9 Å². The lowest BCUT2D eigenvalue weighted by Gasteiger charge is -2.10. The van der Waals surface area contributed by atoms with Gasteiger partial charge in [-0.15, -0.1) is 5.10 Å². The van der Waals surface area contributed by atoms with Crippen molar-refractivity contribution in [3.63, 3.8) is 0 Å². The maximum atomic E-state index is 8.89. The Morgan fingerprint density at radius 3 is 2.69 bits per heavy atom. The molecule has 0 aliphatic carbocycles. The molecule has 0 radical (unpaired) electrons. The molecule has 0 saturated heterocycles. The number of benzene rings is 1. The predicted molar refractivity (Wildman–Crippen MR) is 60.8 cm³/mol. The van der Waals surface area contributed by atoms with Crippen molar-refractivity contribution in [3.05, 3.63) is 47.8 Å². The molecule has 1 aromatic heterocycles. The van der Waals surface area contributed by atoms with Gasteiger partial charge in [0.05, 0.1) is 12.8 Å². The molecule has 0 spiro atoms. The van der Waals surface area contributed by atoms with Crippen LogP contribution in [-0.2, 0) is 13.2 Å². The van der Waals surface area contributed by atoms with E-state index in [-0.39, 0.29) is 6.61 Å². The van der Waals surface area contributed by atoms with E-state index in [0.29, 0.717) is 11.6 Å². The predicted octanol–water partition coefficient (Wildman–Crippen LogP) is 1.57. The van der Waals surface area contributed by atoms with Crippen LogP contribution in [0.3, 0.4) is 0 Å². The van der Waals surface area contributed by atoms with Crippen molar-refractivity contribution in [1.82, 2.24) is 15.0 Å². The summed E-state index contributed by atoms with van der Waals surface area (Å²) in [6.45, 7) is 2.87. The maximum absolute atomic E-state index is 8.89. The van der Waals surface area contributed by atoms with Gasteiger partial charge < -0.3 is 5.11 Å². The molecule has 0 fully saturated rings. The van der Waals surface area contributed by atoms with E-state index in [4.69, 9.17) is 5.11 Å². The van der Waals surface area contributed by atoms with Gasteiger partial charge in [-0.3, -0.25) is 4.68 Å². The number of aromatic nitrogens is 3. The molecule has 1 aromatic carbocycles. The van der Waals surface area contributed by atoms with Gasteiger partial charge in [0.1, 0.15) is 5.69 Å². The average molecular weight is 217 g/mol. The van der Waals surface area contributed by atoms with Gasteiger partial charge >= 0.3 is 0 Å². The Bertz CT molecular complexity index is 439. The van der Waals surface area contributed by atoms with E-state index in [1.807, 2.05) is 18.2 Å². The lowest BCUT2D eigenvalue weighted by atomic mass is 10.0. The molecular weight excluding hydrogens is 202 g/mol. The summed E-state index contributed by atoms with van der Waals surface area (Å²) < 4.78 is 1.77. The van der Waals surface area contributed by atoms with E-state index < -0.39 is 0 Å². The number of rotatable bonds is 4. The number of hydrogen-bond acceptors (Lipinski definition) is 3. The van der Waals surface area contributed by atoms with Crippen molar-refractivity contribution < 1.29 is 5.11 Å². The monoisotopic (exact) mass is 217 g/mol. The van der Waals surface area contributed by atoms with Crippen LogP contribution in [0.15, 0.2) is 36.5 Å². The lowest BCUT2D eigenvalue weighted by molar-refractivity contribution is 0.276. The highest BCUT2D eigenvalue weighted by Crippen LogP contribution is 2.16. The second-order valence-corrected chi connectivity index (χ2v) is 3.90. The van der Waals surface area contributed by atoms with E-state index in [9.17, 15) is 0 Å². The number of hydrogen-bond donors (Lipinski definition) is 1. The minimum atomic E-state index is -0.0558. The van der Waals surface area contributed by atoms with Crippen LogP contribution >= 0.6 is 0 Å². The molecule has 1 N–H and O–H groups in total. The van der Waals surface area contributed by atoms with Crippen molar-refractivity contribution in [2.45, 2.75) is 26.0 Å². The summed E-state index contributed by atoms with van der Waals surface area (Å²) in [4.78, 5) is 0. The van der Waals surface area contributed by atoms with Gasteiger partial charge in [0.2, 0.25) is 0 Å². The van der Waals surface area contributed by atoms with Crippen LogP contribution in [0.2, 0.25) is 0 Å². The molecule has 84 valence electrons. The fraction of sp³-hybridized carbons (Fsp3) is 0.333. The van der Waals surface area contributed by atoms with Crippen LogP contribution in [-0.4, -0.2) is 20.1 Å². The fourth-order valence-electron chi connectivity index (χ4n) is 1.67. The Hall–Kier alpha value is -1.68. The molecule has 2 aromatic rings. The SMILES string of the molecule is CC(Cn1cc(CO)nn1)c1ccccc1. The second kappa shape index (κ2) is 4.90. The summed E-state index contributed by atoms with van der Waals surface area (Å²) >= 11 is 0. The Kier molecular flexibility index (Phi) is 3.31. The molecule has 1 heterocycles. The Morgan fingerprint density at radius 1 is 1.31 bits per heavy atom. The molecule has 0 amide bonds. The van der Waals surface area contributed by atoms with Crippen molar-refractivity contribution in [2.24, 2.45) is 0 Å². The zero-order valence-electron chi connectivity index (χ0n) is 9.24. The second-order valence-electron chi connectivity index (χ2n) is 3.90. The van der Waals surface area contributed by atoms with Gasteiger partial charge in [-0.25, -0.2) is 0 Å². The third-order valence-electron chi connectivity index (χ3n) is 2.58. The highest BCUT2D eigenvalue weighted by Gasteiger charge is 2.07. The minimum absolute atomic E-state index is 0.0558. The summed E-state index contributed by atoms with van der Waals surface area (Å²) in [6, 6.07) is 10.3. The largest absolute Gasteiger partial charge is 0.390 e. The van der Waals surface area contributed by atoms with E-state index in [2.05, 4.69) is 29.4 Å². The van der Waals surface area contributed by atoms with Gasteiger partial charge in [0.15, 0.2) is 0 Å². The van der Waals surface area contributed by atoms with Crippen LogP contribution in [0, 0.1) is 0 Å². The molecule has 1 unspecified atom stereocenters. The lowest BCUT2D eigenvalue weighted by Crippen LogP contribution is -2.06. The van der Waals surface area contributed by atoms with Gasteiger partial charge in [-0.05, 0) is 5.56 Å². The quantitative estimate of drug-likeness (QED) is 0.845. The maximum Gasteiger partial charge on any atom is 0.108 e. The van der Waals surface area contributed by atoms with Gasteiger partial charge in [-0.1, -0.05) is 42.5 Å². The highest BCUT2D eigenvalue weighted by molar-refractivity contribution is 5.18. The van der Waals surface area contributed by atoms with Gasteiger partial charge in [0.25, 0.3) is 0 Å². The first kappa shape index (κ1) is 10.8. The van der Waals surface area contributed by atoms with Crippen LogP contribution in [0.25, 0.3) is 0 Å². The first-order valence-corrected chi connectivity index (χ1v) is 5.34. The van der Waals surface area contributed by atoms with Crippen LogP contribution < -0.4 is 0 Å². The van der Waals surface area contributed by atoms with Crippen molar-refractivity contribution in [3.8, 4) is 0 Å². The first-order chi connectivity index (χ1) is 7.79. The summed E-state index contributed by atoms with van der Waals surface area (Å²) in [7, 11) is 0. The van der Waals surface area contributed by atoms with Crippen LogP contribution in [0.4, 0.5) is 0 Å². The summed E-state index contributed by atoms with van der Waals surface area (Å²) in [5.74, 6) is 0.384. The van der Waals surface area contributed by atoms with E-state index in [0.717, 1.165) is 6.54 Å². The van der Waals surface area contributed by atoms with E-state index in [1.54, 1.807) is 10.9 Å². The molecule has 0 aliphatic heterocycles. The molecule has 4 heteroatoms. The van der Waals surface area contributed by atoms with E-state index >= 15 is 0 Å². The van der Waals surface area contributed by atoms with Crippen molar-refractivity contribution in [1.29, 1.82) is 0 Å². The average Bonchev–Trinajstić information content (AvgIpc) is 2.78. The van der Waals surface area contributed by atoms with E-state index in [1.165, 1.54) is 5.56 Å². The Labute approximate surface area is 94.5 Å². The highest BCUT2D eigenvalue weighted by atomic mass is 16.3. The fourth-order valence-corrected chi connectivity index (χ4v) is 1.67. The number of nitrogens with zero attached hydrogens (tertiary/aromatic N) is 3. The van der Waals surface area contributed by atoms with Gasteiger partial charge in [-0.2, -0.15) is 0 Å². The van der Waals surface area contributed by atoms with Crippen LogP contribution in [0.5, 0.6) is 0 Å². The minimum Gasteiger partial charge on any atom is -0.390 e. The molecule has 1 atom stereocenters. The number of aliphatic hydroxyl groups is 1. The molecule has 16 heavy (non-hydrogen) atoms. The third kappa shape index (κ3) is 2.46. The standard InChI is InChI=1S/C12H15N3O/c1-10(11-5-3-2-4-6-11)7-15-8-12(9-16)13-14-15/h2-6,8,10,16H,7,9H2,1H3. The smallest absolute Gasteiger partial charge is 0.108 e. The molecule has 2 rings (SSSR count).